The maximum absolute atomic E-state index is 12.9. The van der Waals surface area contributed by atoms with Crippen LogP contribution in [0.2, 0.25) is 0 Å². The molecule has 2 heterocycles. The number of aliphatic carboxylic acids is 1. The molecule has 0 spiro atoms. The van der Waals surface area contributed by atoms with Crippen molar-refractivity contribution in [1.29, 1.82) is 5.26 Å². The predicted molar refractivity (Wildman–Crippen MR) is 113 cm³/mol. The van der Waals surface area contributed by atoms with Crippen molar-refractivity contribution >= 4 is 33.8 Å². The van der Waals surface area contributed by atoms with E-state index in [-0.39, 0.29) is 32.8 Å². The zero-order chi connectivity index (χ0) is 21.8. The fraction of sp³-hybridized carbons (Fsp3) is 0.238. The first kappa shape index (κ1) is 21.1. The van der Waals surface area contributed by atoms with Crippen LogP contribution in [0, 0.1) is 17.2 Å². The third-order valence-corrected chi connectivity index (χ3v) is 5.51. The molecule has 30 heavy (non-hydrogen) atoms. The van der Waals surface area contributed by atoms with Gasteiger partial charge in [0.05, 0.1) is 5.69 Å². The Bertz CT molecular complexity index is 1110. The molecule has 3 rings (SSSR count). The number of ketones is 1. The quantitative estimate of drug-likeness (QED) is 0.461. The summed E-state index contributed by atoms with van der Waals surface area (Å²) in [5, 5.41) is 26.0. The van der Waals surface area contributed by atoms with Crippen molar-refractivity contribution in [2.45, 2.75) is 26.3 Å². The lowest BCUT2D eigenvalue weighted by atomic mass is 10.0. The number of thiophene rings is 1. The number of nitrogens with two attached hydrogens (primary N) is 1. The van der Waals surface area contributed by atoms with E-state index in [0.29, 0.717) is 12.1 Å². The summed E-state index contributed by atoms with van der Waals surface area (Å²) in [5.41, 5.74) is 7.36. The minimum absolute atomic E-state index is 0.0126. The molecule has 154 valence electrons. The summed E-state index contributed by atoms with van der Waals surface area (Å²) in [6, 6.07) is 11.8. The van der Waals surface area contributed by atoms with Gasteiger partial charge in [0, 0.05) is 11.6 Å². The molecule has 4 N–H and O–H groups in total. The molecule has 0 radical (unpaired) electrons. The van der Waals surface area contributed by atoms with Crippen LogP contribution in [0.1, 0.15) is 41.3 Å². The summed E-state index contributed by atoms with van der Waals surface area (Å²) in [7, 11) is 0. The average molecular weight is 424 g/mol. The van der Waals surface area contributed by atoms with Gasteiger partial charge < -0.3 is 20.7 Å². The van der Waals surface area contributed by atoms with E-state index in [1.807, 2.05) is 50.2 Å². The first-order chi connectivity index (χ1) is 14.3. The number of nitriles is 1. The number of hydrogen-bond acceptors (Lipinski definition) is 8. The number of hydrogen-bond donors (Lipinski definition) is 3. The van der Waals surface area contributed by atoms with Crippen LogP contribution < -0.4 is 11.1 Å². The first-order valence-corrected chi connectivity index (χ1v) is 10.0. The molecule has 0 aliphatic rings. The van der Waals surface area contributed by atoms with Gasteiger partial charge in [0.15, 0.2) is 0 Å². The van der Waals surface area contributed by atoms with Gasteiger partial charge in [-0.1, -0.05) is 49.3 Å². The maximum atomic E-state index is 12.9. The number of nitrogens with one attached hydrogen (secondary N) is 1. The number of rotatable bonds is 8. The number of carboxylic acids is 1. The van der Waals surface area contributed by atoms with Gasteiger partial charge in [-0.2, -0.15) is 5.26 Å². The van der Waals surface area contributed by atoms with E-state index in [4.69, 9.17) is 10.3 Å². The number of carboxylic acid groups (broad SMARTS) is 1. The van der Waals surface area contributed by atoms with Crippen LogP contribution in [0.5, 0.6) is 0 Å². The van der Waals surface area contributed by atoms with Crippen molar-refractivity contribution < 1.29 is 19.2 Å². The van der Waals surface area contributed by atoms with Gasteiger partial charge in [-0.15, -0.1) is 11.3 Å². The fourth-order valence-electron chi connectivity index (χ4n) is 2.92. The van der Waals surface area contributed by atoms with Crippen LogP contribution in [-0.4, -0.2) is 28.1 Å². The van der Waals surface area contributed by atoms with Gasteiger partial charge in [0.2, 0.25) is 11.5 Å². The topological polar surface area (TPSA) is 142 Å². The minimum atomic E-state index is -1.05. The Morgan fingerprint density at radius 1 is 1.33 bits per heavy atom. The fourth-order valence-corrected chi connectivity index (χ4v) is 3.98. The summed E-state index contributed by atoms with van der Waals surface area (Å²) in [5.74, 6) is -1.47. The normalized spacial score (nSPS) is 11.8. The molecule has 8 nitrogen and oxygen atoms in total. The standard InChI is InChI=1S/C21H20N4O4S/c1-11(2)8-15(21(27)28)24-20-13(10-22)17(23)19(30-20)18(26)16-9-14(25-29-16)12-6-4-3-5-7-12/h3-7,9,11,15,24H,8,23H2,1-2H3,(H,27,28). The molecule has 2 aromatic heterocycles. The molecule has 0 aliphatic carbocycles. The van der Waals surface area contributed by atoms with E-state index in [9.17, 15) is 20.0 Å². The molecule has 1 aromatic carbocycles. The lowest BCUT2D eigenvalue weighted by molar-refractivity contribution is -0.138. The van der Waals surface area contributed by atoms with E-state index in [0.717, 1.165) is 16.9 Å². The summed E-state index contributed by atoms with van der Waals surface area (Å²) >= 11 is 0.932. The Balaban J connectivity index is 1.92. The molecule has 0 saturated heterocycles. The van der Waals surface area contributed by atoms with Crippen molar-refractivity contribution in [1.82, 2.24) is 5.16 Å². The Labute approximate surface area is 176 Å². The van der Waals surface area contributed by atoms with Gasteiger partial charge in [0.25, 0.3) is 0 Å². The summed E-state index contributed by atoms with van der Waals surface area (Å²) in [6.07, 6.45) is 0.351. The Kier molecular flexibility index (Phi) is 6.18. The van der Waals surface area contributed by atoms with Gasteiger partial charge in [-0.3, -0.25) is 4.79 Å². The zero-order valence-electron chi connectivity index (χ0n) is 16.4. The van der Waals surface area contributed by atoms with Crippen molar-refractivity contribution in [3.8, 4) is 17.3 Å². The highest BCUT2D eigenvalue weighted by Gasteiger charge is 2.28. The van der Waals surface area contributed by atoms with E-state index in [2.05, 4.69) is 10.5 Å². The molecule has 1 unspecified atom stereocenters. The molecule has 9 heteroatoms. The SMILES string of the molecule is CC(C)CC(Nc1sc(C(=O)c2cc(-c3ccccc3)no2)c(N)c1C#N)C(=O)O. The number of benzene rings is 1. The second kappa shape index (κ2) is 8.80. The molecule has 1 atom stereocenters. The maximum Gasteiger partial charge on any atom is 0.326 e. The van der Waals surface area contributed by atoms with Crippen LogP contribution in [0.3, 0.4) is 0 Å². The second-order valence-corrected chi connectivity index (χ2v) is 8.12. The minimum Gasteiger partial charge on any atom is -0.480 e. The number of nitrogens with zero attached hydrogens (tertiary/aromatic N) is 2. The summed E-state index contributed by atoms with van der Waals surface area (Å²) < 4.78 is 5.20. The lowest BCUT2D eigenvalue weighted by Crippen LogP contribution is -2.30. The van der Waals surface area contributed by atoms with Crippen LogP contribution in [0.15, 0.2) is 40.9 Å². The van der Waals surface area contributed by atoms with Crippen molar-refractivity contribution in [2.24, 2.45) is 5.92 Å². The van der Waals surface area contributed by atoms with Crippen molar-refractivity contribution in [2.75, 3.05) is 11.1 Å². The Hall–Kier alpha value is -3.64. The lowest BCUT2D eigenvalue weighted by Gasteiger charge is -2.16. The first-order valence-electron chi connectivity index (χ1n) is 9.20. The molecular formula is C21H20N4O4S. The third-order valence-electron chi connectivity index (χ3n) is 4.38. The molecule has 0 fully saturated rings. The number of carbonyl (C=O) groups excluding carboxylic acids is 1. The van der Waals surface area contributed by atoms with Crippen molar-refractivity contribution in [3.63, 3.8) is 0 Å². The number of aromatic nitrogens is 1. The van der Waals surface area contributed by atoms with Crippen LogP contribution in [0.4, 0.5) is 10.7 Å². The van der Waals surface area contributed by atoms with Gasteiger partial charge in [-0.05, 0) is 12.3 Å². The highest BCUT2D eigenvalue weighted by atomic mass is 32.1. The zero-order valence-corrected chi connectivity index (χ0v) is 17.2. The molecule has 3 aromatic rings. The molecule has 0 amide bonds. The summed E-state index contributed by atoms with van der Waals surface area (Å²) in [6.45, 7) is 3.80. The van der Waals surface area contributed by atoms with Gasteiger partial charge >= 0.3 is 5.97 Å². The number of nitrogen functional groups attached to an aromatic ring is 1. The highest BCUT2D eigenvalue weighted by molar-refractivity contribution is 7.19. The van der Waals surface area contributed by atoms with Crippen molar-refractivity contribution in [3.05, 3.63) is 52.6 Å². The molecule has 0 aliphatic heterocycles. The average Bonchev–Trinajstić information content (AvgIpc) is 3.32. The Morgan fingerprint density at radius 3 is 2.63 bits per heavy atom. The number of carbonyl (C=O) groups is 2. The van der Waals surface area contributed by atoms with Gasteiger partial charge in [-0.25, -0.2) is 4.79 Å². The largest absolute Gasteiger partial charge is 0.480 e. The number of anilines is 2. The van der Waals surface area contributed by atoms with Crippen LogP contribution in [0.25, 0.3) is 11.3 Å². The molecule has 0 bridgehead atoms. The highest BCUT2D eigenvalue weighted by Crippen LogP contribution is 2.37. The van der Waals surface area contributed by atoms with E-state index in [1.165, 1.54) is 6.07 Å². The molecule has 0 saturated carbocycles. The van der Waals surface area contributed by atoms with Crippen LogP contribution in [-0.2, 0) is 4.79 Å². The predicted octanol–water partition coefficient (Wildman–Crippen LogP) is 4.00. The smallest absolute Gasteiger partial charge is 0.326 e. The van der Waals surface area contributed by atoms with E-state index >= 15 is 0 Å². The molecular weight excluding hydrogens is 404 g/mol. The third kappa shape index (κ3) is 4.34. The second-order valence-electron chi connectivity index (χ2n) is 7.10. The Morgan fingerprint density at radius 2 is 2.03 bits per heavy atom. The van der Waals surface area contributed by atoms with Crippen LogP contribution >= 0.6 is 11.3 Å². The van der Waals surface area contributed by atoms with Gasteiger partial charge in [0.1, 0.15) is 33.2 Å². The summed E-state index contributed by atoms with van der Waals surface area (Å²) in [4.78, 5) is 24.6. The van der Waals surface area contributed by atoms with E-state index in [1.54, 1.807) is 0 Å². The monoisotopic (exact) mass is 424 g/mol. The van der Waals surface area contributed by atoms with E-state index < -0.39 is 17.8 Å².